The molecule has 0 radical (unpaired) electrons. The largest absolute Gasteiger partial charge is 0.393 e. The summed E-state index contributed by atoms with van der Waals surface area (Å²) in [7, 11) is 0. The van der Waals surface area contributed by atoms with Gasteiger partial charge in [-0.15, -0.1) is 0 Å². The van der Waals surface area contributed by atoms with Crippen LogP contribution < -0.4 is 0 Å². The molecule has 1 heteroatoms. The van der Waals surface area contributed by atoms with Crippen molar-refractivity contribution in [3.05, 3.63) is 11.6 Å². The second kappa shape index (κ2) is 5.10. The van der Waals surface area contributed by atoms with Gasteiger partial charge in [0, 0.05) is 0 Å². The van der Waals surface area contributed by atoms with Crippen molar-refractivity contribution in [3.8, 4) is 0 Å². The Bertz CT molecular complexity index is 480. The third-order valence-corrected chi connectivity index (χ3v) is 8.83. The summed E-state index contributed by atoms with van der Waals surface area (Å²) in [6, 6.07) is 0. The van der Waals surface area contributed by atoms with Crippen LogP contribution in [0.2, 0.25) is 0 Å². The summed E-state index contributed by atoms with van der Waals surface area (Å²) in [6.45, 7) is 7.43. The number of aliphatic hydroxyl groups excluding tert-OH is 1. The topological polar surface area (TPSA) is 20.2 Å². The second-order valence-corrected chi connectivity index (χ2v) is 9.39. The zero-order chi connectivity index (χ0) is 15.5. The van der Waals surface area contributed by atoms with Gasteiger partial charge in [0.25, 0.3) is 0 Å². The van der Waals surface area contributed by atoms with E-state index in [0.717, 1.165) is 36.5 Å². The fourth-order valence-corrected chi connectivity index (χ4v) is 7.56. The van der Waals surface area contributed by atoms with Gasteiger partial charge in [-0.1, -0.05) is 25.5 Å². The summed E-state index contributed by atoms with van der Waals surface area (Å²) in [5, 5.41) is 10.1. The van der Waals surface area contributed by atoms with Crippen LogP contribution in [-0.2, 0) is 0 Å². The van der Waals surface area contributed by atoms with Crippen molar-refractivity contribution in [2.75, 3.05) is 0 Å². The van der Waals surface area contributed by atoms with Crippen LogP contribution in [0.25, 0.3) is 0 Å². The third-order valence-electron chi connectivity index (χ3n) is 8.83. The van der Waals surface area contributed by atoms with Crippen LogP contribution in [0.5, 0.6) is 0 Å². The van der Waals surface area contributed by atoms with Gasteiger partial charge in [0.1, 0.15) is 0 Å². The highest BCUT2D eigenvalue weighted by molar-refractivity contribution is 5.23. The highest BCUT2D eigenvalue weighted by Crippen LogP contribution is 2.67. The van der Waals surface area contributed by atoms with Crippen molar-refractivity contribution in [2.24, 2.45) is 34.5 Å². The van der Waals surface area contributed by atoms with Crippen LogP contribution in [0.15, 0.2) is 11.6 Å². The molecule has 4 aliphatic rings. The van der Waals surface area contributed by atoms with E-state index in [1.165, 1.54) is 44.9 Å². The van der Waals surface area contributed by atoms with E-state index in [1.54, 1.807) is 5.57 Å². The summed E-state index contributed by atoms with van der Waals surface area (Å²) in [4.78, 5) is 0. The minimum absolute atomic E-state index is 0.00964. The van der Waals surface area contributed by atoms with Gasteiger partial charge in [-0.05, 0) is 99.2 Å². The first kappa shape index (κ1) is 15.2. The first-order valence-electron chi connectivity index (χ1n) is 9.83. The molecular formula is C21H34O. The maximum Gasteiger partial charge on any atom is 0.0543 e. The zero-order valence-electron chi connectivity index (χ0n) is 14.8. The summed E-state index contributed by atoms with van der Waals surface area (Å²) in [5.74, 6) is 3.65. The monoisotopic (exact) mass is 302 g/mol. The van der Waals surface area contributed by atoms with Gasteiger partial charge in [-0.3, -0.25) is 0 Å². The maximum absolute atomic E-state index is 10.1. The molecule has 1 N–H and O–H groups in total. The van der Waals surface area contributed by atoms with E-state index >= 15 is 0 Å². The second-order valence-electron chi connectivity index (χ2n) is 9.39. The number of allylic oxidation sites excluding steroid dienone is 2. The third kappa shape index (κ3) is 1.93. The van der Waals surface area contributed by atoms with E-state index < -0.39 is 0 Å². The molecule has 0 heterocycles. The minimum atomic E-state index is -0.00964. The summed E-state index contributed by atoms with van der Waals surface area (Å²) in [6.07, 6.45) is 14.3. The Morgan fingerprint density at radius 3 is 2.59 bits per heavy atom. The van der Waals surface area contributed by atoms with Crippen LogP contribution in [0.1, 0.15) is 78.6 Å². The average Bonchev–Trinajstić information content (AvgIpc) is 2.84. The molecular weight excluding hydrogens is 268 g/mol. The molecule has 0 spiro atoms. The quantitative estimate of drug-likeness (QED) is 0.599. The van der Waals surface area contributed by atoms with Gasteiger partial charge in [0.2, 0.25) is 0 Å². The lowest BCUT2D eigenvalue weighted by Gasteiger charge is -2.60. The van der Waals surface area contributed by atoms with Gasteiger partial charge in [0.15, 0.2) is 0 Å². The molecule has 7 atom stereocenters. The van der Waals surface area contributed by atoms with Gasteiger partial charge < -0.3 is 5.11 Å². The van der Waals surface area contributed by atoms with Crippen LogP contribution in [0, 0.1) is 34.5 Å². The zero-order valence-corrected chi connectivity index (χ0v) is 14.8. The molecule has 4 fully saturated rings. The molecule has 3 unspecified atom stereocenters. The maximum atomic E-state index is 10.1. The van der Waals surface area contributed by atoms with E-state index in [9.17, 15) is 5.11 Å². The van der Waals surface area contributed by atoms with Gasteiger partial charge in [0.05, 0.1) is 6.10 Å². The van der Waals surface area contributed by atoms with E-state index in [2.05, 4.69) is 26.8 Å². The van der Waals surface area contributed by atoms with Crippen molar-refractivity contribution < 1.29 is 5.11 Å². The Kier molecular flexibility index (Phi) is 3.53. The standard InChI is InChI=1S/C21H34O/c1-4-14-6-8-18-17-7-5-15-13-16(22)9-11-21(15,3)19(17)10-12-20(14,18)2/h4,15-19,22H,5-13H2,1-3H3/t15-,16+,17?,18?,19?,20+,21-/m0/s1. The minimum Gasteiger partial charge on any atom is -0.393 e. The SMILES string of the molecule is CC=C1CCC2C3CC[C@H]4C[C@H](O)CC[C@]4(C)C3CC[C@]12C. The van der Waals surface area contributed by atoms with E-state index in [-0.39, 0.29) is 6.10 Å². The lowest BCUT2D eigenvalue weighted by Crippen LogP contribution is -2.53. The van der Waals surface area contributed by atoms with Crippen molar-refractivity contribution in [1.29, 1.82) is 0 Å². The Morgan fingerprint density at radius 2 is 1.82 bits per heavy atom. The Hall–Kier alpha value is -0.300. The van der Waals surface area contributed by atoms with Crippen LogP contribution in [-0.4, -0.2) is 11.2 Å². The van der Waals surface area contributed by atoms with Crippen molar-refractivity contribution in [3.63, 3.8) is 0 Å². The van der Waals surface area contributed by atoms with Crippen LogP contribution in [0.3, 0.4) is 0 Å². The fraction of sp³-hybridized carbons (Fsp3) is 0.905. The first-order valence-corrected chi connectivity index (χ1v) is 9.83. The van der Waals surface area contributed by atoms with Gasteiger partial charge in [-0.25, -0.2) is 0 Å². The lowest BCUT2D eigenvalue weighted by atomic mass is 9.45. The molecule has 4 aliphatic carbocycles. The van der Waals surface area contributed by atoms with E-state index in [1.807, 2.05) is 0 Å². The molecule has 4 saturated carbocycles. The number of fused-ring (bicyclic) bond motifs is 5. The molecule has 22 heavy (non-hydrogen) atoms. The highest BCUT2D eigenvalue weighted by atomic mass is 16.3. The van der Waals surface area contributed by atoms with Gasteiger partial charge >= 0.3 is 0 Å². The molecule has 0 aromatic carbocycles. The molecule has 0 amide bonds. The van der Waals surface area contributed by atoms with E-state index in [4.69, 9.17) is 0 Å². The smallest absolute Gasteiger partial charge is 0.0543 e. The Labute approximate surface area is 136 Å². The average molecular weight is 303 g/mol. The number of rotatable bonds is 0. The molecule has 0 bridgehead atoms. The molecule has 0 saturated heterocycles. The first-order chi connectivity index (χ1) is 10.5. The van der Waals surface area contributed by atoms with E-state index in [0.29, 0.717) is 10.8 Å². The molecule has 0 aliphatic heterocycles. The fourth-order valence-electron chi connectivity index (χ4n) is 7.56. The highest BCUT2D eigenvalue weighted by Gasteiger charge is 2.58. The van der Waals surface area contributed by atoms with Gasteiger partial charge in [-0.2, -0.15) is 0 Å². The summed E-state index contributed by atoms with van der Waals surface area (Å²) >= 11 is 0. The normalized spacial score (nSPS) is 56.4. The molecule has 4 rings (SSSR count). The van der Waals surface area contributed by atoms with Crippen LogP contribution in [0.4, 0.5) is 0 Å². The van der Waals surface area contributed by atoms with Crippen molar-refractivity contribution >= 4 is 0 Å². The number of hydrogen-bond acceptors (Lipinski definition) is 1. The number of aliphatic hydroxyl groups is 1. The Morgan fingerprint density at radius 1 is 1.00 bits per heavy atom. The molecule has 0 aromatic heterocycles. The predicted octanol–water partition coefficient (Wildman–Crippen LogP) is 5.34. The summed E-state index contributed by atoms with van der Waals surface area (Å²) in [5.41, 5.74) is 2.82. The van der Waals surface area contributed by atoms with Crippen LogP contribution >= 0.6 is 0 Å². The van der Waals surface area contributed by atoms with Crippen molar-refractivity contribution in [2.45, 2.75) is 84.7 Å². The molecule has 124 valence electrons. The predicted molar refractivity (Wildman–Crippen MR) is 91.5 cm³/mol. The number of hydrogen-bond donors (Lipinski definition) is 1. The Balaban J connectivity index is 1.63. The van der Waals surface area contributed by atoms with Crippen molar-refractivity contribution in [1.82, 2.24) is 0 Å². The summed E-state index contributed by atoms with van der Waals surface area (Å²) < 4.78 is 0. The lowest BCUT2D eigenvalue weighted by molar-refractivity contribution is -0.116. The molecule has 1 nitrogen and oxygen atoms in total. The molecule has 0 aromatic rings.